The van der Waals surface area contributed by atoms with Crippen molar-refractivity contribution in [3.63, 3.8) is 0 Å². The summed E-state index contributed by atoms with van der Waals surface area (Å²) in [7, 11) is -3.41. The minimum Gasteiger partial charge on any atom is -0.330 e. The summed E-state index contributed by atoms with van der Waals surface area (Å²) in [5.41, 5.74) is 1.31. The second kappa shape index (κ2) is 11.1. The first kappa shape index (κ1) is 28.2. The van der Waals surface area contributed by atoms with E-state index in [1.54, 1.807) is 6.08 Å². The summed E-state index contributed by atoms with van der Waals surface area (Å²) in [6.07, 6.45) is 4.30. The Labute approximate surface area is 231 Å². The van der Waals surface area contributed by atoms with Crippen molar-refractivity contribution in [3.05, 3.63) is 82.4 Å². The molecule has 200 valence electrons. The Hall–Kier alpha value is -1.86. The van der Waals surface area contributed by atoms with Crippen LogP contribution in [-0.2, 0) is 14.8 Å². The molecule has 5 nitrogen and oxygen atoms in total. The lowest BCUT2D eigenvalue weighted by molar-refractivity contribution is -0.155. The van der Waals surface area contributed by atoms with Crippen LogP contribution in [0.4, 0.5) is 0 Å². The molecule has 1 saturated carbocycles. The molecule has 1 heterocycles. The van der Waals surface area contributed by atoms with Crippen molar-refractivity contribution in [1.29, 1.82) is 0 Å². The van der Waals surface area contributed by atoms with Gasteiger partial charge >= 0.3 is 0 Å². The number of amides is 1. The Bertz CT molecular complexity index is 1240. The average molecular weight is 564 g/mol. The number of piperidine rings is 1. The maximum absolute atomic E-state index is 14.4. The highest BCUT2D eigenvalue weighted by Gasteiger charge is 2.51. The summed E-state index contributed by atoms with van der Waals surface area (Å²) in [4.78, 5) is 16.3. The number of hydrogen-bond acceptors (Lipinski definition) is 3. The fourth-order valence-corrected chi connectivity index (χ4v) is 7.33. The number of rotatable bonds is 10. The highest BCUT2D eigenvalue weighted by Crippen LogP contribution is 2.52. The predicted molar refractivity (Wildman–Crippen MR) is 151 cm³/mol. The topological polar surface area (TPSA) is 66.5 Å². The van der Waals surface area contributed by atoms with Crippen LogP contribution in [-0.4, -0.2) is 37.1 Å². The van der Waals surface area contributed by atoms with Crippen LogP contribution in [0.15, 0.2) is 61.2 Å². The summed E-state index contributed by atoms with van der Waals surface area (Å²) in [5.74, 6) is -0.0505. The molecule has 1 aliphatic heterocycles. The van der Waals surface area contributed by atoms with Gasteiger partial charge in [-0.25, -0.2) is 13.1 Å². The first-order valence-electron chi connectivity index (χ1n) is 12.9. The quantitative estimate of drug-likeness (QED) is 0.326. The fraction of sp³-hybridized carbons (Fsp3) is 0.483. The SMILES string of the molecule is C=CC[C@@]1(C)C[C@H](c2cccc(Cl)c2)[C@@H](c2ccc(Cl)cc2)N([C@H](CNS(=O)(=O)C2CC2)C(C)C)C1=O. The van der Waals surface area contributed by atoms with Gasteiger partial charge in [-0.15, -0.1) is 6.58 Å². The van der Waals surface area contributed by atoms with Crippen LogP contribution in [0.1, 0.15) is 69.5 Å². The Morgan fingerprint density at radius 2 is 1.78 bits per heavy atom. The number of carbonyl (C=O) groups excluding carboxylic acids is 1. The van der Waals surface area contributed by atoms with Gasteiger partial charge in [0, 0.05) is 28.5 Å². The second-order valence-electron chi connectivity index (χ2n) is 11.0. The largest absolute Gasteiger partial charge is 0.330 e. The zero-order valence-electron chi connectivity index (χ0n) is 21.7. The van der Waals surface area contributed by atoms with E-state index in [4.69, 9.17) is 23.2 Å². The summed E-state index contributed by atoms with van der Waals surface area (Å²) >= 11 is 12.7. The number of hydrogen-bond donors (Lipinski definition) is 1. The van der Waals surface area contributed by atoms with Crippen molar-refractivity contribution in [3.8, 4) is 0 Å². The second-order valence-corrected chi connectivity index (χ2v) is 14.0. The molecule has 2 fully saturated rings. The van der Waals surface area contributed by atoms with Gasteiger partial charge in [0.2, 0.25) is 15.9 Å². The molecule has 0 unspecified atom stereocenters. The van der Waals surface area contributed by atoms with Gasteiger partial charge in [0.25, 0.3) is 0 Å². The Morgan fingerprint density at radius 3 is 2.35 bits per heavy atom. The monoisotopic (exact) mass is 562 g/mol. The highest BCUT2D eigenvalue weighted by molar-refractivity contribution is 7.90. The lowest BCUT2D eigenvalue weighted by Crippen LogP contribution is -2.59. The van der Waals surface area contributed by atoms with Gasteiger partial charge in [-0.3, -0.25) is 4.79 Å². The number of nitrogens with one attached hydrogen (secondary N) is 1. The first-order valence-corrected chi connectivity index (χ1v) is 15.2. The van der Waals surface area contributed by atoms with E-state index in [9.17, 15) is 13.2 Å². The Morgan fingerprint density at radius 1 is 1.11 bits per heavy atom. The molecule has 4 atom stereocenters. The smallest absolute Gasteiger partial charge is 0.229 e. The standard InChI is InChI=1S/C29H36Cl2N2O3S/c1-5-15-29(4)17-25(21-7-6-8-23(31)16-21)27(20-9-11-22(30)12-10-20)33(28(29)34)26(19(2)3)18-32-37(35,36)24-13-14-24/h5-12,16,19,24-27,32H,1,13-15,17-18H2,2-4H3/t25-,26-,27-,29+/m1/s1. The maximum atomic E-state index is 14.4. The number of nitrogens with zero attached hydrogens (tertiary/aromatic N) is 1. The third kappa shape index (κ3) is 6.08. The number of sulfonamides is 1. The first-order chi connectivity index (χ1) is 17.5. The Balaban J connectivity index is 1.85. The normalized spacial score (nSPS) is 25.4. The van der Waals surface area contributed by atoms with Crippen molar-refractivity contribution in [2.45, 2.75) is 69.7 Å². The van der Waals surface area contributed by atoms with Crippen LogP contribution in [0, 0.1) is 11.3 Å². The van der Waals surface area contributed by atoms with E-state index in [2.05, 4.69) is 17.4 Å². The molecule has 2 aliphatic rings. The van der Waals surface area contributed by atoms with Crippen molar-refractivity contribution >= 4 is 39.1 Å². The average Bonchev–Trinajstić information content (AvgIpc) is 3.69. The third-order valence-electron chi connectivity index (χ3n) is 7.77. The molecular formula is C29H36Cl2N2O3S. The summed E-state index contributed by atoms with van der Waals surface area (Å²) in [5, 5.41) is 0.930. The van der Waals surface area contributed by atoms with Gasteiger partial charge in [0.15, 0.2) is 0 Å². The van der Waals surface area contributed by atoms with Crippen LogP contribution < -0.4 is 4.72 Å². The van der Waals surface area contributed by atoms with Gasteiger partial charge in [-0.2, -0.15) is 0 Å². The molecule has 2 aromatic rings. The predicted octanol–water partition coefficient (Wildman–Crippen LogP) is 6.74. The number of benzene rings is 2. The van der Waals surface area contributed by atoms with Crippen molar-refractivity contribution < 1.29 is 13.2 Å². The molecule has 0 spiro atoms. The number of halogens is 2. The van der Waals surface area contributed by atoms with Gasteiger partial charge in [0.1, 0.15) is 0 Å². The minimum absolute atomic E-state index is 0.00625. The molecule has 1 amide bonds. The Kier molecular flexibility index (Phi) is 8.44. The molecular weight excluding hydrogens is 527 g/mol. The molecule has 1 aliphatic carbocycles. The van der Waals surface area contributed by atoms with Crippen LogP contribution >= 0.6 is 23.2 Å². The molecule has 0 radical (unpaired) electrons. The molecule has 37 heavy (non-hydrogen) atoms. The van der Waals surface area contributed by atoms with E-state index >= 15 is 0 Å². The zero-order chi connectivity index (χ0) is 27.0. The lowest BCUT2D eigenvalue weighted by Gasteiger charge is -2.53. The van der Waals surface area contributed by atoms with E-state index in [1.165, 1.54) is 0 Å². The summed E-state index contributed by atoms with van der Waals surface area (Å²) in [6, 6.07) is 14.7. The van der Waals surface area contributed by atoms with E-state index in [1.807, 2.05) is 68.1 Å². The summed E-state index contributed by atoms with van der Waals surface area (Å²) in [6.45, 7) is 10.2. The van der Waals surface area contributed by atoms with Gasteiger partial charge in [0.05, 0.1) is 16.7 Å². The highest BCUT2D eigenvalue weighted by atomic mass is 35.5. The molecule has 0 aromatic heterocycles. The van der Waals surface area contributed by atoms with Crippen LogP contribution in [0.3, 0.4) is 0 Å². The molecule has 8 heteroatoms. The van der Waals surface area contributed by atoms with Crippen molar-refractivity contribution in [2.24, 2.45) is 11.3 Å². The lowest BCUT2D eigenvalue weighted by atomic mass is 9.66. The molecule has 2 aromatic carbocycles. The molecule has 4 rings (SSSR count). The number of allylic oxidation sites excluding steroid dienone is 1. The van der Waals surface area contributed by atoms with Crippen LogP contribution in [0.25, 0.3) is 0 Å². The molecule has 1 N–H and O–H groups in total. The van der Waals surface area contributed by atoms with Gasteiger partial charge in [-0.05, 0) is 67.0 Å². The summed E-state index contributed by atoms with van der Waals surface area (Å²) < 4.78 is 28.4. The van der Waals surface area contributed by atoms with Crippen molar-refractivity contribution in [2.75, 3.05) is 6.54 Å². The van der Waals surface area contributed by atoms with Crippen molar-refractivity contribution in [1.82, 2.24) is 9.62 Å². The van der Waals surface area contributed by atoms with E-state index in [0.717, 1.165) is 11.1 Å². The van der Waals surface area contributed by atoms with Gasteiger partial charge in [-0.1, -0.05) is 74.3 Å². The molecule has 1 saturated heterocycles. The molecule has 0 bridgehead atoms. The number of likely N-dealkylation sites (tertiary alicyclic amines) is 1. The van der Waals surface area contributed by atoms with Crippen LogP contribution in [0.5, 0.6) is 0 Å². The third-order valence-corrected chi connectivity index (χ3v) is 10.2. The minimum atomic E-state index is -3.41. The number of carbonyl (C=O) groups is 1. The van der Waals surface area contributed by atoms with E-state index < -0.39 is 15.4 Å². The van der Waals surface area contributed by atoms with E-state index in [0.29, 0.717) is 35.7 Å². The van der Waals surface area contributed by atoms with Gasteiger partial charge < -0.3 is 4.90 Å². The van der Waals surface area contributed by atoms with Crippen LogP contribution in [0.2, 0.25) is 10.0 Å². The zero-order valence-corrected chi connectivity index (χ0v) is 24.0. The van der Waals surface area contributed by atoms with E-state index in [-0.39, 0.29) is 41.6 Å². The fourth-order valence-electron chi connectivity index (χ4n) is 5.61. The maximum Gasteiger partial charge on any atom is 0.229 e.